The highest BCUT2D eigenvalue weighted by Crippen LogP contribution is 2.02. The number of carbonyl (C=O) groups is 1. The van der Waals surface area contributed by atoms with Crippen molar-refractivity contribution >= 4 is 5.97 Å². The van der Waals surface area contributed by atoms with E-state index in [2.05, 4.69) is 4.84 Å². The van der Waals surface area contributed by atoms with Crippen LogP contribution in [0.4, 0.5) is 0 Å². The number of carbonyl (C=O) groups excluding carboxylic acids is 1. The molecule has 0 heterocycles. The number of hydrogen-bond donors (Lipinski definition) is 2. The lowest BCUT2D eigenvalue weighted by Crippen LogP contribution is -2.26. The highest BCUT2D eigenvalue weighted by atomic mass is 16.7. The van der Waals surface area contributed by atoms with Gasteiger partial charge in [-0.05, 0) is 12.0 Å². The molecular formula is C9H12N2O2. The molecule has 13 heavy (non-hydrogen) atoms. The minimum atomic E-state index is -0.355. The van der Waals surface area contributed by atoms with Crippen LogP contribution in [0.15, 0.2) is 30.3 Å². The van der Waals surface area contributed by atoms with Crippen molar-refractivity contribution in [3.05, 3.63) is 35.9 Å². The van der Waals surface area contributed by atoms with Gasteiger partial charge >= 0.3 is 5.97 Å². The van der Waals surface area contributed by atoms with Gasteiger partial charge in [-0.15, -0.1) is 0 Å². The molecule has 1 rings (SSSR count). The van der Waals surface area contributed by atoms with Crippen LogP contribution < -0.4 is 11.4 Å². The van der Waals surface area contributed by atoms with E-state index in [4.69, 9.17) is 5.84 Å². The molecule has 0 aromatic heterocycles. The highest BCUT2D eigenvalue weighted by Gasteiger charge is 2.01. The molecule has 0 bridgehead atoms. The van der Waals surface area contributed by atoms with Crippen molar-refractivity contribution in [1.82, 2.24) is 5.59 Å². The van der Waals surface area contributed by atoms with Crippen LogP contribution in [0.2, 0.25) is 0 Å². The van der Waals surface area contributed by atoms with Crippen LogP contribution >= 0.6 is 0 Å². The van der Waals surface area contributed by atoms with Crippen molar-refractivity contribution in [1.29, 1.82) is 0 Å². The van der Waals surface area contributed by atoms with Crippen molar-refractivity contribution in [2.24, 2.45) is 5.84 Å². The maximum Gasteiger partial charge on any atom is 0.326 e. The highest BCUT2D eigenvalue weighted by molar-refractivity contribution is 5.69. The summed E-state index contributed by atoms with van der Waals surface area (Å²) in [5, 5.41) is 0. The van der Waals surface area contributed by atoms with E-state index in [0.717, 1.165) is 5.56 Å². The van der Waals surface area contributed by atoms with Gasteiger partial charge in [0.25, 0.3) is 0 Å². The Hall–Kier alpha value is -1.39. The Morgan fingerprint density at radius 3 is 2.69 bits per heavy atom. The SMILES string of the molecule is NNOC(=O)CCc1ccccc1. The third-order valence-electron chi connectivity index (χ3n) is 1.63. The van der Waals surface area contributed by atoms with Crippen molar-refractivity contribution in [3.63, 3.8) is 0 Å². The predicted molar refractivity (Wildman–Crippen MR) is 48.2 cm³/mol. The third kappa shape index (κ3) is 3.68. The van der Waals surface area contributed by atoms with E-state index in [1.165, 1.54) is 0 Å². The Morgan fingerprint density at radius 2 is 2.08 bits per heavy atom. The average molecular weight is 180 g/mol. The van der Waals surface area contributed by atoms with Gasteiger partial charge in [-0.2, -0.15) is 0 Å². The van der Waals surface area contributed by atoms with E-state index in [1.807, 2.05) is 35.9 Å². The second-order valence-electron chi connectivity index (χ2n) is 2.58. The molecule has 0 spiro atoms. The maximum absolute atomic E-state index is 10.9. The van der Waals surface area contributed by atoms with Crippen molar-refractivity contribution in [2.45, 2.75) is 12.8 Å². The molecule has 4 nitrogen and oxygen atoms in total. The lowest BCUT2D eigenvalue weighted by Gasteiger charge is -2.00. The fourth-order valence-electron chi connectivity index (χ4n) is 1.01. The van der Waals surface area contributed by atoms with Crippen LogP contribution in [-0.2, 0) is 16.1 Å². The monoisotopic (exact) mass is 180 g/mol. The lowest BCUT2D eigenvalue weighted by atomic mass is 10.1. The number of aryl methyl sites for hydroxylation is 1. The van der Waals surface area contributed by atoms with Gasteiger partial charge in [0.1, 0.15) is 0 Å². The number of rotatable bonds is 4. The molecule has 0 fully saturated rings. The molecular weight excluding hydrogens is 168 g/mol. The van der Waals surface area contributed by atoms with Crippen molar-refractivity contribution < 1.29 is 9.63 Å². The Balaban J connectivity index is 2.31. The molecule has 70 valence electrons. The number of benzene rings is 1. The second kappa shape index (κ2) is 5.29. The first kappa shape index (κ1) is 9.70. The Labute approximate surface area is 76.6 Å². The van der Waals surface area contributed by atoms with E-state index in [1.54, 1.807) is 0 Å². The molecule has 0 atom stereocenters. The largest absolute Gasteiger partial charge is 0.356 e. The summed E-state index contributed by atoms with van der Waals surface area (Å²) >= 11 is 0. The predicted octanol–water partition coefficient (Wildman–Crippen LogP) is 0.541. The maximum atomic E-state index is 10.9. The Morgan fingerprint density at radius 1 is 1.38 bits per heavy atom. The first-order chi connectivity index (χ1) is 6.33. The fraction of sp³-hybridized carbons (Fsp3) is 0.222. The molecule has 0 amide bonds. The van der Waals surface area contributed by atoms with Gasteiger partial charge in [0.05, 0.1) is 6.42 Å². The lowest BCUT2D eigenvalue weighted by molar-refractivity contribution is -0.151. The van der Waals surface area contributed by atoms with Gasteiger partial charge in [-0.3, -0.25) is 4.79 Å². The van der Waals surface area contributed by atoms with E-state index < -0.39 is 0 Å². The van der Waals surface area contributed by atoms with Gasteiger partial charge in [0, 0.05) is 0 Å². The summed E-state index contributed by atoms with van der Waals surface area (Å²) in [6.45, 7) is 0. The molecule has 1 aromatic rings. The van der Waals surface area contributed by atoms with Crippen LogP contribution in [0, 0.1) is 0 Å². The summed E-state index contributed by atoms with van der Waals surface area (Å²) in [5.41, 5.74) is 2.96. The van der Waals surface area contributed by atoms with E-state index >= 15 is 0 Å². The minimum Gasteiger partial charge on any atom is -0.356 e. The molecule has 4 heteroatoms. The van der Waals surface area contributed by atoms with Crippen LogP contribution in [0.5, 0.6) is 0 Å². The summed E-state index contributed by atoms with van der Waals surface area (Å²) in [7, 11) is 0. The zero-order chi connectivity index (χ0) is 9.52. The normalized spacial score (nSPS) is 9.62. The van der Waals surface area contributed by atoms with E-state index in [0.29, 0.717) is 12.8 Å². The van der Waals surface area contributed by atoms with Gasteiger partial charge < -0.3 is 4.84 Å². The van der Waals surface area contributed by atoms with Crippen LogP contribution in [0.25, 0.3) is 0 Å². The molecule has 3 N–H and O–H groups in total. The van der Waals surface area contributed by atoms with E-state index in [-0.39, 0.29) is 5.97 Å². The van der Waals surface area contributed by atoms with E-state index in [9.17, 15) is 4.79 Å². The first-order valence-corrected chi connectivity index (χ1v) is 4.02. The molecule has 0 saturated carbocycles. The second-order valence-corrected chi connectivity index (χ2v) is 2.58. The number of hydrogen-bond acceptors (Lipinski definition) is 4. The number of hydrazine groups is 1. The van der Waals surface area contributed by atoms with Crippen molar-refractivity contribution in [3.8, 4) is 0 Å². The van der Waals surface area contributed by atoms with Gasteiger partial charge in [0.15, 0.2) is 0 Å². The topological polar surface area (TPSA) is 64.3 Å². The molecule has 0 unspecified atom stereocenters. The standard InChI is InChI=1S/C9H12N2O2/c10-11-13-9(12)7-6-8-4-2-1-3-5-8/h1-5,11H,6-7,10H2. The van der Waals surface area contributed by atoms with Crippen LogP contribution in [0.3, 0.4) is 0 Å². The van der Waals surface area contributed by atoms with Crippen LogP contribution in [-0.4, -0.2) is 5.97 Å². The Kier molecular flexibility index (Phi) is 3.95. The van der Waals surface area contributed by atoms with Gasteiger partial charge in [-0.1, -0.05) is 35.9 Å². The molecule has 0 saturated heterocycles. The number of nitrogens with one attached hydrogen (secondary N) is 1. The summed E-state index contributed by atoms with van der Waals surface area (Å²) < 4.78 is 0. The Bertz CT molecular complexity index is 262. The summed E-state index contributed by atoms with van der Waals surface area (Å²) in [6, 6.07) is 9.72. The molecule has 1 aromatic carbocycles. The molecule has 0 aliphatic rings. The molecule has 0 aliphatic carbocycles. The zero-order valence-corrected chi connectivity index (χ0v) is 7.19. The smallest absolute Gasteiger partial charge is 0.326 e. The molecule has 0 radical (unpaired) electrons. The summed E-state index contributed by atoms with van der Waals surface area (Å²) in [5.74, 6) is 4.45. The quantitative estimate of drug-likeness (QED) is 0.524. The van der Waals surface area contributed by atoms with Gasteiger partial charge in [0.2, 0.25) is 0 Å². The fourth-order valence-corrected chi connectivity index (χ4v) is 1.01. The molecule has 0 aliphatic heterocycles. The van der Waals surface area contributed by atoms with Gasteiger partial charge in [-0.25, -0.2) is 5.84 Å². The first-order valence-electron chi connectivity index (χ1n) is 4.02. The summed E-state index contributed by atoms with van der Waals surface area (Å²) in [4.78, 5) is 15.2. The average Bonchev–Trinajstić information content (AvgIpc) is 2.17. The van der Waals surface area contributed by atoms with Crippen LogP contribution in [0.1, 0.15) is 12.0 Å². The minimum absolute atomic E-state index is 0.328. The van der Waals surface area contributed by atoms with Crippen molar-refractivity contribution in [2.75, 3.05) is 0 Å². The number of nitrogens with two attached hydrogens (primary N) is 1. The third-order valence-corrected chi connectivity index (χ3v) is 1.63. The zero-order valence-electron chi connectivity index (χ0n) is 7.19. The summed E-state index contributed by atoms with van der Waals surface area (Å²) in [6.07, 6.45) is 0.996.